The summed E-state index contributed by atoms with van der Waals surface area (Å²) in [5.74, 6) is -0.243. The average Bonchev–Trinajstić information content (AvgIpc) is 2.54. The summed E-state index contributed by atoms with van der Waals surface area (Å²) in [6, 6.07) is 4.40. The zero-order valence-corrected chi connectivity index (χ0v) is 11.0. The van der Waals surface area contributed by atoms with E-state index < -0.39 is 6.10 Å². The number of rotatable bonds is 3. The summed E-state index contributed by atoms with van der Waals surface area (Å²) in [7, 11) is 0. The number of nitrogens with zero attached hydrogens (tertiary/aromatic N) is 1. The predicted molar refractivity (Wildman–Crippen MR) is 70.2 cm³/mol. The average molecular weight is 266 g/mol. The number of halogens is 1. The number of benzene rings is 1. The molecular weight excluding hydrogens is 247 g/mol. The van der Waals surface area contributed by atoms with Gasteiger partial charge in [0.1, 0.15) is 5.82 Å². The highest BCUT2D eigenvalue weighted by molar-refractivity contribution is 5.76. The Morgan fingerprint density at radius 3 is 3.00 bits per heavy atom. The van der Waals surface area contributed by atoms with Crippen molar-refractivity contribution >= 4 is 5.91 Å². The molecule has 1 fully saturated rings. The van der Waals surface area contributed by atoms with Gasteiger partial charge in [-0.1, -0.05) is 6.07 Å². The fourth-order valence-corrected chi connectivity index (χ4v) is 2.35. The number of hydrogen-bond donors (Lipinski definition) is 2. The molecule has 4 nitrogen and oxygen atoms in total. The van der Waals surface area contributed by atoms with Gasteiger partial charge in [-0.15, -0.1) is 0 Å². The van der Waals surface area contributed by atoms with Crippen molar-refractivity contribution in [2.24, 2.45) is 0 Å². The number of nitrogens with one attached hydrogen (secondary N) is 1. The van der Waals surface area contributed by atoms with Crippen LogP contribution in [0.5, 0.6) is 0 Å². The molecule has 0 spiro atoms. The van der Waals surface area contributed by atoms with Crippen LogP contribution in [-0.4, -0.2) is 42.1 Å². The van der Waals surface area contributed by atoms with Gasteiger partial charge < -0.3 is 10.4 Å². The standard InChI is InChI=1S/C14H19FN2O2/c1-10-8-11(15)2-3-12(10)13(18)9-17-6-4-14(19)16-5-7-17/h2-3,8,13,18H,4-7,9H2,1H3,(H,16,19). The Morgan fingerprint density at radius 1 is 1.47 bits per heavy atom. The van der Waals surface area contributed by atoms with Crippen molar-refractivity contribution in [2.75, 3.05) is 26.2 Å². The van der Waals surface area contributed by atoms with Crippen LogP contribution in [0.15, 0.2) is 18.2 Å². The van der Waals surface area contributed by atoms with Crippen LogP contribution in [0.1, 0.15) is 23.7 Å². The van der Waals surface area contributed by atoms with Crippen molar-refractivity contribution in [1.29, 1.82) is 0 Å². The van der Waals surface area contributed by atoms with Gasteiger partial charge >= 0.3 is 0 Å². The van der Waals surface area contributed by atoms with Gasteiger partial charge in [-0.3, -0.25) is 9.69 Å². The van der Waals surface area contributed by atoms with Crippen molar-refractivity contribution in [2.45, 2.75) is 19.4 Å². The van der Waals surface area contributed by atoms with E-state index in [2.05, 4.69) is 5.32 Å². The lowest BCUT2D eigenvalue weighted by Gasteiger charge is -2.23. The first-order chi connectivity index (χ1) is 9.06. The zero-order valence-electron chi connectivity index (χ0n) is 11.0. The lowest BCUT2D eigenvalue weighted by atomic mass is 10.0. The van der Waals surface area contributed by atoms with Gasteiger partial charge in [-0.2, -0.15) is 0 Å². The molecule has 1 unspecified atom stereocenters. The molecular formula is C14H19FN2O2. The van der Waals surface area contributed by atoms with Crippen LogP contribution in [0, 0.1) is 12.7 Å². The minimum atomic E-state index is -0.659. The maximum Gasteiger partial charge on any atom is 0.221 e. The number of amides is 1. The van der Waals surface area contributed by atoms with E-state index in [0.29, 0.717) is 26.1 Å². The Kier molecular flexibility index (Phi) is 4.50. The van der Waals surface area contributed by atoms with Gasteiger partial charge in [0.15, 0.2) is 0 Å². The first kappa shape index (κ1) is 14.0. The van der Waals surface area contributed by atoms with Crippen LogP contribution in [-0.2, 0) is 4.79 Å². The summed E-state index contributed by atoms with van der Waals surface area (Å²) in [4.78, 5) is 13.3. The molecule has 1 aliphatic heterocycles. The molecule has 5 heteroatoms. The molecule has 19 heavy (non-hydrogen) atoms. The molecule has 2 rings (SSSR count). The number of hydrogen-bond acceptors (Lipinski definition) is 3. The normalized spacial score (nSPS) is 18.8. The van der Waals surface area contributed by atoms with Gasteiger partial charge in [0.05, 0.1) is 6.10 Å². The molecule has 1 saturated heterocycles. The largest absolute Gasteiger partial charge is 0.387 e. The van der Waals surface area contributed by atoms with Crippen molar-refractivity contribution in [3.8, 4) is 0 Å². The van der Waals surface area contributed by atoms with E-state index in [1.54, 1.807) is 13.0 Å². The number of β-amino-alcohol motifs (C(OH)–C–C–N with tert-alkyl or cyclic N) is 1. The van der Waals surface area contributed by atoms with E-state index in [9.17, 15) is 14.3 Å². The quantitative estimate of drug-likeness (QED) is 0.858. The molecule has 1 amide bonds. The summed E-state index contributed by atoms with van der Waals surface area (Å²) in [5.41, 5.74) is 1.49. The van der Waals surface area contributed by atoms with Crippen LogP contribution in [0.4, 0.5) is 4.39 Å². The highest BCUT2D eigenvalue weighted by Gasteiger charge is 2.18. The van der Waals surface area contributed by atoms with Crippen molar-refractivity contribution in [1.82, 2.24) is 10.2 Å². The van der Waals surface area contributed by atoms with Crippen LogP contribution >= 0.6 is 0 Å². The van der Waals surface area contributed by atoms with E-state index >= 15 is 0 Å². The highest BCUT2D eigenvalue weighted by Crippen LogP contribution is 2.20. The fraction of sp³-hybridized carbons (Fsp3) is 0.500. The first-order valence-corrected chi connectivity index (χ1v) is 6.49. The third-order valence-electron chi connectivity index (χ3n) is 3.43. The molecule has 1 aliphatic rings. The molecule has 0 aliphatic carbocycles. The summed E-state index contributed by atoms with van der Waals surface area (Å²) in [6.45, 7) is 4.22. The Balaban J connectivity index is 1.99. The summed E-state index contributed by atoms with van der Waals surface area (Å²) < 4.78 is 13.0. The molecule has 1 heterocycles. The maximum absolute atomic E-state index is 13.0. The monoisotopic (exact) mass is 266 g/mol. The number of aryl methyl sites for hydroxylation is 1. The Hall–Kier alpha value is -1.46. The SMILES string of the molecule is Cc1cc(F)ccc1C(O)CN1CCNC(=O)CC1. The second kappa shape index (κ2) is 6.12. The molecule has 0 bridgehead atoms. The van der Waals surface area contributed by atoms with Crippen molar-refractivity contribution in [3.05, 3.63) is 35.1 Å². The van der Waals surface area contributed by atoms with E-state index in [1.165, 1.54) is 12.1 Å². The molecule has 0 aromatic heterocycles. The summed E-state index contributed by atoms with van der Waals surface area (Å²) in [6.07, 6.45) is -0.205. The highest BCUT2D eigenvalue weighted by atomic mass is 19.1. The maximum atomic E-state index is 13.0. The second-order valence-electron chi connectivity index (χ2n) is 4.92. The Labute approximate surface area is 112 Å². The number of aliphatic hydroxyl groups excluding tert-OH is 1. The molecule has 104 valence electrons. The van der Waals surface area contributed by atoms with Gasteiger partial charge in [0.25, 0.3) is 0 Å². The first-order valence-electron chi connectivity index (χ1n) is 6.49. The van der Waals surface area contributed by atoms with Crippen LogP contribution < -0.4 is 5.32 Å². The predicted octanol–water partition coefficient (Wildman–Crippen LogP) is 0.989. The number of carbonyl (C=O) groups excluding carboxylic acids is 1. The van der Waals surface area contributed by atoms with Crippen LogP contribution in [0.25, 0.3) is 0 Å². The van der Waals surface area contributed by atoms with E-state index in [0.717, 1.165) is 17.7 Å². The van der Waals surface area contributed by atoms with E-state index in [-0.39, 0.29) is 11.7 Å². The van der Waals surface area contributed by atoms with Gasteiger partial charge in [0, 0.05) is 32.6 Å². The van der Waals surface area contributed by atoms with Gasteiger partial charge in [-0.25, -0.2) is 4.39 Å². The third-order valence-corrected chi connectivity index (χ3v) is 3.43. The second-order valence-corrected chi connectivity index (χ2v) is 4.92. The number of aliphatic hydroxyl groups is 1. The van der Waals surface area contributed by atoms with Crippen LogP contribution in [0.2, 0.25) is 0 Å². The molecule has 1 aromatic rings. The van der Waals surface area contributed by atoms with Crippen molar-refractivity contribution < 1.29 is 14.3 Å². The molecule has 1 aromatic carbocycles. The minimum absolute atomic E-state index is 0.0509. The minimum Gasteiger partial charge on any atom is -0.387 e. The number of carbonyl (C=O) groups is 1. The van der Waals surface area contributed by atoms with Crippen molar-refractivity contribution in [3.63, 3.8) is 0 Å². The molecule has 0 saturated carbocycles. The van der Waals surface area contributed by atoms with E-state index in [1.807, 2.05) is 4.90 Å². The Bertz CT molecular complexity index is 465. The summed E-state index contributed by atoms with van der Waals surface area (Å²) >= 11 is 0. The smallest absolute Gasteiger partial charge is 0.221 e. The van der Waals surface area contributed by atoms with Crippen LogP contribution in [0.3, 0.4) is 0 Å². The topological polar surface area (TPSA) is 52.6 Å². The lowest BCUT2D eigenvalue weighted by Crippen LogP contribution is -2.32. The Morgan fingerprint density at radius 2 is 2.26 bits per heavy atom. The molecule has 1 atom stereocenters. The molecule has 0 radical (unpaired) electrons. The van der Waals surface area contributed by atoms with Gasteiger partial charge in [-0.05, 0) is 30.2 Å². The van der Waals surface area contributed by atoms with E-state index in [4.69, 9.17) is 0 Å². The zero-order chi connectivity index (χ0) is 13.8. The van der Waals surface area contributed by atoms with Gasteiger partial charge in [0.2, 0.25) is 5.91 Å². The molecule has 2 N–H and O–H groups in total. The lowest BCUT2D eigenvalue weighted by molar-refractivity contribution is -0.120. The third kappa shape index (κ3) is 3.75. The summed E-state index contributed by atoms with van der Waals surface area (Å²) in [5, 5.41) is 13.0. The fourth-order valence-electron chi connectivity index (χ4n) is 2.35.